The highest BCUT2D eigenvalue weighted by Gasteiger charge is 2.23. The van der Waals surface area contributed by atoms with Gasteiger partial charge in [0.25, 0.3) is 0 Å². The molecule has 0 radical (unpaired) electrons. The Morgan fingerprint density at radius 3 is 2.76 bits per heavy atom. The van der Waals surface area contributed by atoms with Crippen LogP contribution in [0.25, 0.3) is 11.1 Å². The van der Waals surface area contributed by atoms with Crippen LogP contribution in [0.3, 0.4) is 0 Å². The third-order valence-corrected chi connectivity index (χ3v) is 5.41. The summed E-state index contributed by atoms with van der Waals surface area (Å²) in [6.45, 7) is 1.75. The van der Waals surface area contributed by atoms with Crippen LogP contribution in [0.15, 0.2) is 57.7 Å². The van der Waals surface area contributed by atoms with Crippen molar-refractivity contribution in [3.63, 3.8) is 0 Å². The highest BCUT2D eigenvalue weighted by molar-refractivity contribution is 5.77. The van der Waals surface area contributed by atoms with E-state index >= 15 is 0 Å². The van der Waals surface area contributed by atoms with Gasteiger partial charge in [-0.15, -0.1) is 0 Å². The maximum Gasteiger partial charge on any atom is 0.419 e. The Morgan fingerprint density at radius 1 is 1.17 bits per heavy atom. The highest BCUT2D eigenvalue weighted by atomic mass is 16.5. The van der Waals surface area contributed by atoms with Crippen molar-refractivity contribution < 1.29 is 13.9 Å². The zero-order valence-electron chi connectivity index (χ0n) is 16.5. The van der Waals surface area contributed by atoms with Gasteiger partial charge in [0.1, 0.15) is 5.75 Å². The number of anilines is 1. The van der Waals surface area contributed by atoms with E-state index in [0.717, 1.165) is 29.8 Å². The minimum absolute atomic E-state index is 0.0713. The lowest BCUT2D eigenvalue weighted by atomic mass is 10.0. The van der Waals surface area contributed by atoms with Crippen molar-refractivity contribution in [2.45, 2.75) is 31.8 Å². The van der Waals surface area contributed by atoms with Crippen molar-refractivity contribution in [3.8, 4) is 5.75 Å². The number of piperidine rings is 1. The molecule has 7 nitrogen and oxygen atoms in total. The molecule has 0 aliphatic carbocycles. The van der Waals surface area contributed by atoms with Crippen LogP contribution in [-0.4, -0.2) is 41.6 Å². The van der Waals surface area contributed by atoms with Crippen molar-refractivity contribution in [1.29, 1.82) is 0 Å². The molecular formula is C22H25N3O4. The average molecular weight is 395 g/mol. The van der Waals surface area contributed by atoms with Gasteiger partial charge in [-0.1, -0.05) is 18.2 Å². The molecule has 0 spiro atoms. The standard InChI is InChI=1S/C22H25N3O4/c1-28-18-6-4-5-17(15-18)23-16-9-12-24(13-10-16)21(26)11-14-25-19-7-2-3-8-20(19)29-22(25)27/h2-8,15-16,23H,9-14H2,1H3. The van der Waals surface area contributed by atoms with Gasteiger partial charge in [-0.2, -0.15) is 0 Å². The molecule has 4 rings (SSSR count). The van der Waals surface area contributed by atoms with Gasteiger partial charge in [0.05, 0.1) is 12.6 Å². The number of carbonyl (C=O) groups is 1. The molecule has 0 bridgehead atoms. The zero-order chi connectivity index (χ0) is 20.2. The predicted molar refractivity (Wildman–Crippen MR) is 111 cm³/mol. The molecule has 1 saturated heterocycles. The Balaban J connectivity index is 1.30. The number of likely N-dealkylation sites (tertiary alicyclic amines) is 1. The smallest absolute Gasteiger partial charge is 0.419 e. The summed E-state index contributed by atoms with van der Waals surface area (Å²) in [5.41, 5.74) is 2.31. The number of amides is 1. The molecule has 0 atom stereocenters. The summed E-state index contributed by atoms with van der Waals surface area (Å²) in [6.07, 6.45) is 2.06. The van der Waals surface area contributed by atoms with E-state index in [0.29, 0.717) is 31.3 Å². The van der Waals surface area contributed by atoms with Crippen LogP contribution in [0.4, 0.5) is 5.69 Å². The number of aryl methyl sites for hydroxylation is 1. The van der Waals surface area contributed by atoms with Crippen LogP contribution in [-0.2, 0) is 11.3 Å². The maximum absolute atomic E-state index is 12.6. The molecule has 1 N–H and O–H groups in total. The molecule has 1 aliphatic heterocycles. The van der Waals surface area contributed by atoms with Crippen molar-refractivity contribution in [1.82, 2.24) is 9.47 Å². The number of hydrogen-bond donors (Lipinski definition) is 1. The summed E-state index contributed by atoms with van der Waals surface area (Å²) in [5, 5.41) is 3.52. The monoisotopic (exact) mass is 395 g/mol. The number of methoxy groups -OCH3 is 1. The third-order valence-electron chi connectivity index (χ3n) is 5.41. The number of benzene rings is 2. The molecule has 3 aromatic rings. The first-order valence-electron chi connectivity index (χ1n) is 9.91. The molecule has 1 aliphatic rings. The van der Waals surface area contributed by atoms with Gasteiger partial charge in [0.2, 0.25) is 5.91 Å². The van der Waals surface area contributed by atoms with E-state index in [-0.39, 0.29) is 12.3 Å². The first-order valence-corrected chi connectivity index (χ1v) is 9.91. The molecule has 29 heavy (non-hydrogen) atoms. The van der Waals surface area contributed by atoms with Crippen LogP contribution < -0.4 is 15.8 Å². The Labute approximate surface area is 168 Å². The predicted octanol–water partition coefficient (Wildman–Crippen LogP) is 3.10. The number of ether oxygens (including phenoxy) is 1. The number of carbonyl (C=O) groups excluding carboxylic acids is 1. The molecule has 1 fully saturated rings. The van der Waals surface area contributed by atoms with Crippen LogP contribution in [0.5, 0.6) is 5.75 Å². The van der Waals surface area contributed by atoms with E-state index in [9.17, 15) is 9.59 Å². The van der Waals surface area contributed by atoms with Crippen LogP contribution >= 0.6 is 0 Å². The maximum atomic E-state index is 12.6. The number of hydrogen-bond acceptors (Lipinski definition) is 5. The molecule has 1 amide bonds. The number of oxazole rings is 1. The Hall–Kier alpha value is -3.22. The highest BCUT2D eigenvalue weighted by Crippen LogP contribution is 2.21. The number of para-hydroxylation sites is 2. The van der Waals surface area contributed by atoms with Crippen LogP contribution in [0.2, 0.25) is 0 Å². The van der Waals surface area contributed by atoms with E-state index < -0.39 is 5.76 Å². The molecule has 7 heteroatoms. The third kappa shape index (κ3) is 4.29. The van der Waals surface area contributed by atoms with Gasteiger partial charge in [0, 0.05) is 43.9 Å². The fourth-order valence-electron chi connectivity index (χ4n) is 3.81. The fourth-order valence-corrected chi connectivity index (χ4v) is 3.81. The Bertz CT molecular complexity index is 1050. The number of aromatic nitrogens is 1. The SMILES string of the molecule is COc1cccc(NC2CCN(C(=O)CCn3c(=O)oc4ccccc43)CC2)c1. The lowest BCUT2D eigenvalue weighted by Crippen LogP contribution is -2.42. The fraction of sp³-hybridized carbons (Fsp3) is 0.364. The molecule has 2 heterocycles. The van der Waals surface area contributed by atoms with Crippen molar-refractivity contribution in [2.75, 3.05) is 25.5 Å². The van der Waals surface area contributed by atoms with E-state index in [2.05, 4.69) is 5.32 Å². The Morgan fingerprint density at radius 2 is 1.97 bits per heavy atom. The first kappa shape index (κ1) is 19.1. The number of fused-ring (bicyclic) bond motifs is 1. The molecule has 0 saturated carbocycles. The van der Waals surface area contributed by atoms with Gasteiger partial charge < -0.3 is 19.4 Å². The summed E-state index contributed by atoms with van der Waals surface area (Å²) in [4.78, 5) is 26.6. The van der Waals surface area contributed by atoms with E-state index in [1.165, 1.54) is 4.57 Å². The van der Waals surface area contributed by atoms with E-state index in [1.54, 1.807) is 13.2 Å². The van der Waals surface area contributed by atoms with Crippen LogP contribution in [0.1, 0.15) is 19.3 Å². The molecule has 1 aromatic heterocycles. The van der Waals surface area contributed by atoms with Crippen molar-refractivity contribution >= 4 is 22.7 Å². The van der Waals surface area contributed by atoms with Gasteiger partial charge in [0.15, 0.2) is 5.58 Å². The van der Waals surface area contributed by atoms with Crippen LogP contribution in [0, 0.1) is 0 Å². The molecular weight excluding hydrogens is 370 g/mol. The second kappa shape index (κ2) is 8.43. The van der Waals surface area contributed by atoms with Gasteiger partial charge in [-0.25, -0.2) is 4.79 Å². The number of nitrogens with one attached hydrogen (secondary N) is 1. The average Bonchev–Trinajstić information content (AvgIpc) is 3.07. The number of nitrogens with zero attached hydrogens (tertiary/aromatic N) is 2. The van der Waals surface area contributed by atoms with Crippen molar-refractivity contribution in [2.24, 2.45) is 0 Å². The van der Waals surface area contributed by atoms with Gasteiger partial charge in [-0.3, -0.25) is 9.36 Å². The summed E-state index contributed by atoms with van der Waals surface area (Å²) in [5.74, 6) is 0.479. The van der Waals surface area contributed by atoms with Gasteiger partial charge >= 0.3 is 5.76 Å². The number of rotatable bonds is 6. The van der Waals surface area contributed by atoms with E-state index in [1.807, 2.05) is 47.4 Å². The largest absolute Gasteiger partial charge is 0.497 e. The van der Waals surface area contributed by atoms with Gasteiger partial charge in [-0.05, 0) is 37.1 Å². The normalized spacial score (nSPS) is 14.9. The summed E-state index contributed by atoms with van der Waals surface area (Å²) >= 11 is 0. The summed E-state index contributed by atoms with van der Waals surface area (Å²) < 4.78 is 12.0. The molecule has 2 aromatic carbocycles. The summed E-state index contributed by atoms with van der Waals surface area (Å²) in [6, 6.07) is 15.5. The second-order valence-corrected chi connectivity index (χ2v) is 7.27. The minimum Gasteiger partial charge on any atom is -0.497 e. The quantitative estimate of drug-likeness (QED) is 0.694. The van der Waals surface area contributed by atoms with E-state index in [4.69, 9.17) is 9.15 Å². The zero-order valence-corrected chi connectivity index (χ0v) is 16.5. The second-order valence-electron chi connectivity index (χ2n) is 7.27. The lowest BCUT2D eigenvalue weighted by Gasteiger charge is -2.33. The van der Waals surface area contributed by atoms with Crippen molar-refractivity contribution in [3.05, 3.63) is 59.1 Å². The molecule has 152 valence electrons. The summed E-state index contributed by atoms with van der Waals surface area (Å²) in [7, 11) is 1.66. The topological polar surface area (TPSA) is 76.7 Å². The first-order chi connectivity index (χ1) is 14.1. The molecule has 0 unspecified atom stereocenters. The Kier molecular flexibility index (Phi) is 5.55. The minimum atomic E-state index is -0.416. The lowest BCUT2D eigenvalue weighted by molar-refractivity contribution is -0.132.